The third-order valence-electron chi connectivity index (χ3n) is 4.73. The number of amides is 1. The first kappa shape index (κ1) is 15.8. The number of imidazole rings is 1. The monoisotopic (exact) mass is 314 g/mol. The molecular weight excluding hydrogens is 288 g/mol. The molecule has 0 aliphatic carbocycles. The van der Waals surface area contributed by atoms with Crippen LogP contribution in [0.2, 0.25) is 0 Å². The van der Waals surface area contributed by atoms with E-state index in [0.29, 0.717) is 18.9 Å². The number of carbonyl (C=O) groups is 1. The smallest absolute Gasteiger partial charge is 0.224 e. The molecule has 1 unspecified atom stereocenters. The van der Waals surface area contributed by atoms with E-state index in [0.717, 1.165) is 25.2 Å². The van der Waals surface area contributed by atoms with Gasteiger partial charge in [0.1, 0.15) is 5.82 Å². The standard InChI is InChI=1S/C18H26N4O/c1-14(2)18-19-9-13-21(18)12-8-17(23)22-11-5-7-16(22)15-6-4-10-20(15)3/h4,6,9-10,13-14,16H,5,7-8,11-12H2,1-3H3. The van der Waals surface area contributed by atoms with E-state index in [1.807, 2.05) is 12.4 Å². The van der Waals surface area contributed by atoms with E-state index in [-0.39, 0.29) is 11.9 Å². The van der Waals surface area contributed by atoms with Crippen LogP contribution < -0.4 is 0 Å². The molecule has 5 heteroatoms. The molecule has 2 aromatic rings. The zero-order chi connectivity index (χ0) is 16.4. The van der Waals surface area contributed by atoms with E-state index >= 15 is 0 Å². The van der Waals surface area contributed by atoms with Gasteiger partial charge in [0.05, 0.1) is 6.04 Å². The molecule has 23 heavy (non-hydrogen) atoms. The lowest BCUT2D eigenvalue weighted by Crippen LogP contribution is -2.32. The first-order chi connectivity index (χ1) is 11.1. The van der Waals surface area contributed by atoms with Gasteiger partial charge in [0.25, 0.3) is 0 Å². The summed E-state index contributed by atoms with van der Waals surface area (Å²) in [5.74, 6) is 1.68. The highest BCUT2D eigenvalue weighted by Crippen LogP contribution is 2.32. The van der Waals surface area contributed by atoms with Crippen LogP contribution >= 0.6 is 0 Å². The summed E-state index contributed by atoms with van der Waals surface area (Å²) in [5.41, 5.74) is 1.24. The highest BCUT2D eigenvalue weighted by Gasteiger charge is 2.30. The fraction of sp³-hybridized carbons (Fsp3) is 0.556. The summed E-state index contributed by atoms with van der Waals surface area (Å²) in [6, 6.07) is 4.41. The van der Waals surface area contributed by atoms with Gasteiger partial charge in [-0.1, -0.05) is 13.8 Å². The number of carbonyl (C=O) groups excluding carboxylic acids is 1. The Hall–Kier alpha value is -2.04. The Morgan fingerprint density at radius 2 is 2.22 bits per heavy atom. The van der Waals surface area contributed by atoms with Crippen LogP contribution in [-0.4, -0.2) is 31.5 Å². The molecule has 2 aromatic heterocycles. The summed E-state index contributed by atoms with van der Waals surface area (Å²) < 4.78 is 4.24. The minimum Gasteiger partial charge on any atom is -0.353 e. The second kappa shape index (κ2) is 6.60. The molecule has 0 saturated carbocycles. The third-order valence-corrected chi connectivity index (χ3v) is 4.73. The molecule has 1 saturated heterocycles. The number of hydrogen-bond acceptors (Lipinski definition) is 2. The van der Waals surface area contributed by atoms with Crippen LogP contribution in [0.15, 0.2) is 30.7 Å². The molecule has 1 aliphatic heterocycles. The fourth-order valence-corrected chi connectivity index (χ4v) is 3.56. The molecule has 0 spiro atoms. The molecule has 3 heterocycles. The molecule has 1 aliphatic rings. The Kier molecular flexibility index (Phi) is 4.55. The topological polar surface area (TPSA) is 43.1 Å². The average molecular weight is 314 g/mol. The zero-order valence-corrected chi connectivity index (χ0v) is 14.3. The van der Waals surface area contributed by atoms with Crippen molar-refractivity contribution in [3.05, 3.63) is 42.2 Å². The molecule has 1 atom stereocenters. The van der Waals surface area contributed by atoms with E-state index in [4.69, 9.17) is 0 Å². The highest BCUT2D eigenvalue weighted by atomic mass is 16.2. The summed E-state index contributed by atoms with van der Waals surface area (Å²) in [5, 5.41) is 0. The van der Waals surface area contributed by atoms with Crippen LogP contribution in [0.1, 0.15) is 56.6 Å². The Bertz CT molecular complexity index is 670. The third kappa shape index (κ3) is 3.19. The van der Waals surface area contributed by atoms with Gasteiger partial charge < -0.3 is 14.0 Å². The highest BCUT2D eigenvalue weighted by molar-refractivity contribution is 5.77. The van der Waals surface area contributed by atoms with Crippen molar-refractivity contribution in [3.63, 3.8) is 0 Å². The van der Waals surface area contributed by atoms with Gasteiger partial charge in [-0.25, -0.2) is 4.98 Å². The van der Waals surface area contributed by atoms with Gasteiger partial charge in [0, 0.05) is 56.8 Å². The number of aromatic nitrogens is 3. The van der Waals surface area contributed by atoms with Crippen LogP contribution in [0.5, 0.6) is 0 Å². The van der Waals surface area contributed by atoms with Crippen molar-refractivity contribution in [3.8, 4) is 0 Å². The van der Waals surface area contributed by atoms with Crippen molar-refractivity contribution in [2.24, 2.45) is 7.05 Å². The summed E-state index contributed by atoms with van der Waals surface area (Å²) in [4.78, 5) is 19.2. The van der Waals surface area contributed by atoms with Crippen molar-refractivity contribution in [1.82, 2.24) is 19.0 Å². The van der Waals surface area contributed by atoms with Crippen molar-refractivity contribution < 1.29 is 4.79 Å². The van der Waals surface area contributed by atoms with Crippen LogP contribution in [0.25, 0.3) is 0 Å². The van der Waals surface area contributed by atoms with Gasteiger partial charge in [-0.15, -0.1) is 0 Å². The lowest BCUT2D eigenvalue weighted by atomic mass is 10.1. The van der Waals surface area contributed by atoms with E-state index in [1.165, 1.54) is 5.69 Å². The number of rotatable bonds is 5. The second-order valence-corrected chi connectivity index (χ2v) is 6.67. The normalized spacial score (nSPS) is 18.1. The molecule has 0 bridgehead atoms. The Morgan fingerprint density at radius 3 is 2.91 bits per heavy atom. The van der Waals surface area contributed by atoms with Crippen LogP contribution in [-0.2, 0) is 18.4 Å². The Balaban J connectivity index is 1.66. The van der Waals surface area contributed by atoms with Gasteiger partial charge >= 0.3 is 0 Å². The molecule has 1 amide bonds. The van der Waals surface area contributed by atoms with Gasteiger partial charge in [-0.3, -0.25) is 4.79 Å². The molecular formula is C18H26N4O. The van der Waals surface area contributed by atoms with Gasteiger partial charge in [0.2, 0.25) is 5.91 Å². The van der Waals surface area contributed by atoms with E-state index in [1.54, 1.807) is 0 Å². The van der Waals surface area contributed by atoms with Crippen LogP contribution in [0.3, 0.4) is 0 Å². The summed E-state index contributed by atoms with van der Waals surface area (Å²) in [6.07, 6.45) is 8.53. The summed E-state index contributed by atoms with van der Waals surface area (Å²) >= 11 is 0. The quantitative estimate of drug-likeness (QED) is 0.851. The maximum atomic E-state index is 12.7. The predicted octanol–water partition coefficient (Wildman–Crippen LogP) is 3.10. The number of aryl methyl sites for hydroxylation is 2. The number of hydrogen-bond donors (Lipinski definition) is 0. The van der Waals surface area contributed by atoms with Crippen molar-refractivity contribution in [2.45, 2.75) is 51.6 Å². The van der Waals surface area contributed by atoms with Crippen molar-refractivity contribution >= 4 is 5.91 Å². The first-order valence-corrected chi connectivity index (χ1v) is 8.49. The second-order valence-electron chi connectivity index (χ2n) is 6.67. The molecule has 0 radical (unpaired) electrons. The average Bonchev–Trinajstić information content (AvgIpc) is 3.24. The summed E-state index contributed by atoms with van der Waals surface area (Å²) in [6.45, 7) is 5.84. The van der Waals surface area contributed by atoms with E-state index in [9.17, 15) is 4.79 Å². The molecule has 3 rings (SSSR count). The Labute approximate surface area is 137 Å². The maximum absolute atomic E-state index is 12.7. The molecule has 1 fully saturated rings. The SMILES string of the molecule is CC(C)c1nccn1CCC(=O)N1CCCC1c1cccn1C. The lowest BCUT2D eigenvalue weighted by molar-refractivity contribution is -0.132. The van der Waals surface area contributed by atoms with Crippen molar-refractivity contribution in [2.75, 3.05) is 6.54 Å². The largest absolute Gasteiger partial charge is 0.353 e. The van der Waals surface area contributed by atoms with E-state index in [2.05, 4.69) is 58.2 Å². The maximum Gasteiger partial charge on any atom is 0.224 e. The minimum absolute atomic E-state index is 0.231. The fourth-order valence-electron chi connectivity index (χ4n) is 3.56. The van der Waals surface area contributed by atoms with Crippen LogP contribution in [0.4, 0.5) is 0 Å². The first-order valence-electron chi connectivity index (χ1n) is 8.49. The molecule has 0 aromatic carbocycles. The number of likely N-dealkylation sites (tertiary alicyclic amines) is 1. The minimum atomic E-state index is 0.231. The zero-order valence-electron chi connectivity index (χ0n) is 14.3. The predicted molar refractivity (Wildman–Crippen MR) is 90.0 cm³/mol. The summed E-state index contributed by atoms with van der Waals surface area (Å²) in [7, 11) is 2.05. The molecule has 0 N–H and O–H groups in total. The van der Waals surface area contributed by atoms with Crippen LogP contribution in [0, 0.1) is 0 Å². The lowest BCUT2D eigenvalue weighted by Gasteiger charge is -2.25. The van der Waals surface area contributed by atoms with Crippen molar-refractivity contribution in [1.29, 1.82) is 0 Å². The van der Waals surface area contributed by atoms with Gasteiger partial charge in [-0.2, -0.15) is 0 Å². The Morgan fingerprint density at radius 1 is 1.39 bits per heavy atom. The molecule has 124 valence electrons. The number of nitrogens with zero attached hydrogens (tertiary/aromatic N) is 4. The van der Waals surface area contributed by atoms with E-state index < -0.39 is 0 Å². The molecule has 5 nitrogen and oxygen atoms in total. The van der Waals surface area contributed by atoms with Gasteiger partial charge in [-0.05, 0) is 25.0 Å². The van der Waals surface area contributed by atoms with Gasteiger partial charge in [0.15, 0.2) is 0 Å².